The second kappa shape index (κ2) is 7.25. The monoisotopic (exact) mass is 300 g/mol. The zero-order chi connectivity index (χ0) is 16.1. The minimum Gasteiger partial charge on any atom is -0.550 e. The Morgan fingerprint density at radius 3 is 2.27 bits per heavy atom. The molecular weight excluding hydrogens is 278 g/mol. The third kappa shape index (κ3) is 3.97. The average molecular weight is 300 g/mol. The highest BCUT2D eigenvalue weighted by atomic mass is 16.4. The fraction of sp³-hybridized carbons (Fsp3) is 0.444. The summed E-state index contributed by atoms with van der Waals surface area (Å²) in [6.07, 6.45) is 1.65. The maximum absolute atomic E-state index is 12.3. The Hall–Kier alpha value is -2.10. The van der Waals surface area contributed by atoms with Gasteiger partial charge in [0.2, 0.25) is 5.91 Å². The SMILES string of the molecule is CC1=C(C)C[C@H](C(=O)NCCc2ccccc2)[C@@H](C(=O)[O-])C1. The van der Waals surface area contributed by atoms with Crippen molar-refractivity contribution in [1.29, 1.82) is 0 Å². The molecule has 4 nitrogen and oxygen atoms in total. The van der Waals surface area contributed by atoms with Crippen LogP contribution in [0.4, 0.5) is 0 Å². The van der Waals surface area contributed by atoms with E-state index in [1.54, 1.807) is 0 Å². The maximum Gasteiger partial charge on any atom is 0.224 e. The molecule has 0 spiro atoms. The highest BCUT2D eigenvalue weighted by Crippen LogP contribution is 2.33. The molecule has 0 saturated heterocycles. The summed E-state index contributed by atoms with van der Waals surface area (Å²) in [5, 5.41) is 14.2. The Bertz CT molecular complexity index is 577. The number of benzene rings is 1. The number of carboxylic acid groups (broad SMARTS) is 1. The lowest BCUT2D eigenvalue weighted by molar-refractivity contribution is -0.313. The molecule has 0 radical (unpaired) electrons. The third-order valence-electron chi connectivity index (χ3n) is 4.46. The van der Waals surface area contributed by atoms with E-state index in [0.717, 1.165) is 23.1 Å². The zero-order valence-electron chi connectivity index (χ0n) is 13.1. The van der Waals surface area contributed by atoms with Gasteiger partial charge in [0.25, 0.3) is 0 Å². The molecule has 0 aromatic heterocycles. The smallest absolute Gasteiger partial charge is 0.224 e. The summed E-state index contributed by atoms with van der Waals surface area (Å²) in [6, 6.07) is 9.88. The molecule has 0 unspecified atom stereocenters. The second-order valence-corrected chi connectivity index (χ2v) is 6.03. The van der Waals surface area contributed by atoms with Gasteiger partial charge in [-0.25, -0.2) is 0 Å². The predicted octanol–water partition coefficient (Wildman–Crippen LogP) is 1.46. The van der Waals surface area contributed by atoms with E-state index in [2.05, 4.69) is 5.32 Å². The summed E-state index contributed by atoms with van der Waals surface area (Å²) in [7, 11) is 0. The van der Waals surface area contributed by atoms with E-state index in [4.69, 9.17) is 0 Å². The van der Waals surface area contributed by atoms with Crippen LogP contribution in [-0.2, 0) is 16.0 Å². The lowest BCUT2D eigenvalue weighted by Crippen LogP contribution is -2.45. The van der Waals surface area contributed by atoms with E-state index in [1.807, 2.05) is 44.2 Å². The van der Waals surface area contributed by atoms with Crippen LogP contribution in [0.5, 0.6) is 0 Å². The van der Waals surface area contributed by atoms with Crippen molar-refractivity contribution in [2.45, 2.75) is 33.1 Å². The van der Waals surface area contributed by atoms with Crippen LogP contribution in [0.3, 0.4) is 0 Å². The minimum atomic E-state index is -1.13. The molecule has 1 N–H and O–H groups in total. The molecular formula is C18H22NO3-. The van der Waals surface area contributed by atoms with Crippen molar-refractivity contribution < 1.29 is 14.7 Å². The van der Waals surface area contributed by atoms with Crippen LogP contribution in [-0.4, -0.2) is 18.4 Å². The van der Waals surface area contributed by atoms with Gasteiger partial charge in [0.15, 0.2) is 0 Å². The van der Waals surface area contributed by atoms with Gasteiger partial charge in [0.05, 0.1) is 0 Å². The summed E-state index contributed by atoms with van der Waals surface area (Å²) in [4.78, 5) is 23.6. The Morgan fingerprint density at radius 1 is 1.09 bits per heavy atom. The van der Waals surface area contributed by atoms with Crippen molar-refractivity contribution in [3.05, 3.63) is 47.0 Å². The van der Waals surface area contributed by atoms with Crippen molar-refractivity contribution in [3.8, 4) is 0 Å². The van der Waals surface area contributed by atoms with Gasteiger partial charge >= 0.3 is 0 Å². The maximum atomic E-state index is 12.3. The molecule has 1 amide bonds. The first-order valence-corrected chi connectivity index (χ1v) is 7.66. The fourth-order valence-electron chi connectivity index (χ4n) is 2.92. The van der Waals surface area contributed by atoms with E-state index in [9.17, 15) is 14.7 Å². The van der Waals surface area contributed by atoms with Crippen molar-refractivity contribution in [1.82, 2.24) is 5.32 Å². The van der Waals surface area contributed by atoms with Crippen molar-refractivity contribution in [3.63, 3.8) is 0 Å². The number of rotatable bonds is 5. The van der Waals surface area contributed by atoms with Gasteiger partial charge in [0.1, 0.15) is 0 Å². The van der Waals surface area contributed by atoms with Gasteiger partial charge < -0.3 is 15.2 Å². The number of nitrogens with one attached hydrogen (secondary N) is 1. The van der Waals surface area contributed by atoms with Crippen LogP contribution in [0.1, 0.15) is 32.3 Å². The van der Waals surface area contributed by atoms with Gasteiger partial charge in [-0.3, -0.25) is 4.79 Å². The predicted molar refractivity (Wildman–Crippen MR) is 82.8 cm³/mol. The van der Waals surface area contributed by atoms with Crippen molar-refractivity contribution in [2.24, 2.45) is 11.8 Å². The van der Waals surface area contributed by atoms with Crippen molar-refractivity contribution in [2.75, 3.05) is 6.54 Å². The summed E-state index contributed by atoms with van der Waals surface area (Å²) in [5.74, 6) is -2.56. The Balaban J connectivity index is 1.94. The summed E-state index contributed by atoms with van der Waals surface area (Å²) >= 11 is 0. The largest absolute Gasteiger partial charge is 0.550 e. The highest BCUT2D eigenvalue weighted by Gasteiger charge is 2.33. The molecule has 0 saturated carbocycles. The van der Waals surface area contributed by atoms with Crippen LogP contribution >= 0.6 is 0 Å². The molecule has 22 heavy (non-hydrogen) atoms. The molecule has 0 heterocycles. The first-order valence-electron chi connectivity index (χ1n) is 7.66. The van der Waals surface area contributed by atoms with Gasteiger partial charge in [-0.1, -0.05) is 41.5 Å². The van der Waals surface area contributed by atoms with Crippen LogP contribution in [0, 0.1) is 11.8 Å². The summed E-state index contributed by atoms with van der Waals surface area (Å²) < 4.78 is 0. The van der Waals surface area contributed by atoms with Crippen LogP contribution in [0.25, 0.3) is 0 Å². The number of carbonyl (C=O) groups excluding carboxylic acids is 2. The average Bonchev–Trinajstić information content (AvgIpc) is 2.50. The minimum absolute atomic E-state index is 0.183. The second-order valence-electron chi connectivity index (χ2n) is 6.03. The molecule has 1 aliphatic carbocycles. The van der Waals surface area contributed by atoms with Gasteiger partial charge in [-0.15, -0.1) is 0 Å². The molecule has 118 valence electrons. The number of carbonyl (C=O) groups is 2. The lowest BCUT2D eigenvalue weighted by Gasteiger charge is -2.32. The fourth-order valence-corrected chi connectivity index (χ4v) is 2.92. The van der Waals surface area contributed by atoms with Crippen molar-refractivity contribution >= 4 is 11.9 Å². The number of aliphatic carboxylic acids is 1. The molecule has 1 aromatic carbocycles. The van der Waals surface area contributed by atoms with Crippen LogP contribution in [0.2, 0.25) is 0 Å². The molecule has 2 atom stereocenters. The quantitative estimate of drug-likeness (QED) is 0.837. The van der Waals surface area contributed by atoms with E-state index in [0.29, 0.717) is 19.4 Å². The van der Waals surface area contributed by atoms with Crippen LogP contribution in [0.15, 0.2) is 41.5 Å². The third-order valence-corrected chi connectivity index (χ3v) is 4.46. The summed E-state index contributed by atoms with van der Waals surface area (Å²) in [5.41, 5.74) is 3.32. The molecule has 4 heteroatoms. The summed E-state index contributed by atoms with van der Waals surface area (Å²) in [6.45, 7) is 4.40. The van der Waals surface area contributed by atoms with Gasteiger partial charge in [0, 0.05) is 24.3 Å². The normalized spacial score (nSPS) is 21.5. The Kier molecular flexibility index (Phi) is 5.36. The molecule has 1 aromatic rings. The Labute approximate surface area is 131 Å². The molecule has 0 bridgehead atoms. The first-order chi connectivity index (χ1) is 10.5. The van der Waals surface area contributed by atoms with E-state index in [1.165, 1.54) is 0 Å². The number of hydrogen-bond donors (Lipinski definition) is 1. The number of carboxylic acids is 1. The molecule has 0 aliphatic heterocycles. The topological polar surface area (TPSA) is 69.2 Å². The zero-order valence-corrected chi connectivity index (χ0v) is 13.1. The standard InChI is InChI=1S/C18H23NO3/c1-12-10-15(16(18(21)22)11-13(12)2)17(20)19-9-8-14-6-4-3-5-7-14/h3-7,15-16H,8-11H2,1-2H3,(H,19,20)(H,21,22)/p-1/t15-,16-/m0/s1. The molecule has 2 rings (SSSR count). The lowest BCUT2D eigenvalue weighted by atomic mass is 9.76. The number of amides is 1. The highest BCUT2D eigenvalue weighted by molar-refractivity contribution is 5.85. The Morgan fingerprint density at radius 2 is 1.68 bits per heavy atom. The molecule has 1 aliphatic rings. The number of allylic oxidation sites excluding steroid dienone is 2. The molecule has 0 fully saturated rings. The van der Waals surface area contributed by atoms with Gasteiger partial charge in [-0.05, 0) is 38.7 Å². The van der Waals surface area contributed by atoms with E-state index >= 15 is 0 Å². The van der Waals surface area contributed by atoms with Crippen LogP contribution < -0.4 is 10.4 Å². The van der Waals surface area contributed by atoms with E-state index in [-0.39, 0.29) is 5.91 Å². The first kappa shape index (κ1) is 16.3. The van der Waals surface area contributed by atoms with E-state index < -0.39 is 17.8 Å². The van der Waals surface area contributed by atoms with Gasteiger partial charge in [-0.2, -0.15) is 0 Å². The number of hydrogen-bond acceptors (Lipinski definition) is 3.